The van der Waals surface area contributed by atoms with Crippen molar-refractivity contribution in [1.29, 1.82) is 0 Å². The summed E-state index contributed by atoms with van der Waals surface area (Å²) < 4.78 is 2.02. The molecular weight excluding hydrogens is 393 g/mol. The van der Waals surface area contributed by atoms with E-state index in [4.69, 9.17) is 28.2 Å². The van der Waals surface area contributed by atoms with Crippen molar-refractivity contribution in [2.45, 2.75) is 12.8 Å². The van der Waals surface area contributed by atoms with Crippen LogP contribution in [0.1, 0.15) is 12.8 Å². The minimum atomic E-state index is 0.642. The molecule has 3 heterocycles. The Morgan fingerprint density at radius 1 is 0.857 bits per heavy atom. The number of fused-ring (bicyclic) bond motifs is 1. The van der Waals surface area contributed by atoms with Crippen LogP contribution < -0.4 is 4.90 Å². The Kier molecular flexibility index (Phi) is 4.41. The first-order valence-electron chi connectivity index (χ1n) is 9.21. The average Bonchev–Trinajstić information content (AvgIpc) is 3.37. The number of aromatic nitrogens is 4. The number of hydrogen-bond donors (Lipinski definition) is 0. The molecule has 0 saturated carbocycles. The lowest BCUT2D eigenvalue weighted by Crippen LogP contribution is -2.19. The topological polar surface area (TPSA) is 46.8 Å². The quantitative estimate of drug-likeness (QED) is 0.454. The largest absolute Gasteiger partial charge is 0.355 e. The van der Waals surface area contributed by atoms with Crippen molar-refractivity contribution in [3.8, 4) is 17.1 Å². The summed E-state index contributed by atoms with van der Waals surface area (Å²) in [5, 5.41) is 1.32. The Bertz CT molecular complexity index is 1150. The van der Waals surface area contributed by atoms with E-state index in [2.05, 4.69) is 14.9 Å². The molecule has 0 N–H and O–H groups in total. The molecule has 0 amide bonds. The summed E-state index contributed by atoms with van der Waals surface area (Å²) in [7, 11) is 0. The van der Waals surface area contributed by atoms with E-state index in [0.29, 0.717) is 10.0 Å². The highest BCUT2D eigenvalue weighted by Gasteiger charge is 2.23. The number of rotatable bonds is 3. The third-order valence-corrected chi connectivity index (χ3v) is 5.61. The molecule has 0 atom stereocenters. The van der Waals surface area contributed by atoms with Crippen LogP contribution in [-0.4, -0.2) is 32.6 Å². The Labute approximate surface area is 172 Å². The van der Waals surface area contributed by atoms with Crippen LogP contribution in [0.2, 0.25) is 10.0 Å². The van der Waals surface area contributed by atoms with Crippen LogP contribution in [0.25, 0.3) is 28.2 Å². The predicted octanol–water partition coefficient (Wildman–Crippen LogP) is 5.39. The Balaban J connectivity index is 1.82. The van der Waals surface area contributed by atoms with Crippen molar-refractivity contribution in [3.63, 3.8) is 0 Å². The van der Waals surface area contributed by atoms with E-state index in [9.17, 15) is 0 Å². The summed E-state index contributed by atoms with van der Waals surface area (Å²) >= 11 is 12.6. The van der Waals surface area contributed by atoms with E-state index >= 15 is 0 Å². The lowest BCUT2D eigenvalue weighted by Gasteiger charge is -2.16. The van der Waals surface area contributed by atoms with Crippen LogP contribution in [0.15, 0.2) is 54.9 Å². The smallest absolute Gasteiger partial charge is 0.170 e. The van der Waals surface area contributed by atoms with Crippen LogP contribution >= 0.6 is 23.2 Å². The summed E-state index contributed by atoms with van der Waals surface area (Å²) in [6.45, 7) is 1.97. The maximum absolute atomic E-state index is 6.52. The third kappa shape index (κ3) is 2.91. The van der Waals surface area contributed by atoms with Crippen LogP contribution in [0.5, 0.6) is 0 Å². The number of anilines is 1. The van der Waals surface area contributed by atoms with Gasteiger partial charge >= 0.3 is 0 Å². The van der Waals surface area contributed by atoms with E-state index in [-0.39, 0.29) is 0 Å². The molecule has 5 nitrogen and oxygen atoms in total. The highest BCUT2D eigenvalue weighted by molar-refractivity contribution is 6.33. The van der Waals surface area contributed by atoms with Gasteiger partial charge in [-0.1, -0.05) is 35.3 Å². The van der Waals surface area contributed by atoms with Crippen LogP contribution in [0, 0.1) is 0 Å². The van der Waals surface area contributed by atoms with Gasteiger partial charge in [0.1, 0.15) is 12.2 Å². The monoisotopic (exact) mass is 409 g/mol. The highest BCUT2D eigenvalue weighted by atomic mass is 35.5. The fourth-order valence-corrected chi connectivity index (χ4v) is 4.04. The number of halogens is 2. The summed E-state index contributed by atoms with van der Waals surface area (Å²) in [6.07, 6.45) is 3.95. The van der Waals surface area contributed by atoms with Crippen molar-refractivity contribution in [3.05, 3.63) is 64.9 Å². The Morgan fingerprint density at radius 2 is 1.61 bits per heavy atom. The van der Waals surface area contributed by atoms with Crippen molar-refractivity contribution in [1.82, 2.24) is 19.5 Å². The predicted molar refractivity (Wildman–Crippen MR) is 114 cm³/mol. The molecule has 0 bridgehead atoms. The molecule has 2 aromatic heterocycles. The normalized spacial score (nSPS) is 14.1. The number of benzene rings is 2. The number of nitrogens with zero attached hydrogens (tertiary/aromatic N) is 5. The van der Waals surface area contributed by atoms with Crippen LogP contribution in [0.3, 0.4) is 0 Å². The van der Waals surface area contributed by atoms with Crippen molar-refractivity contribution >= 4 is 40.2 Å². The summed E-state index contributed by atoms with van der Waals surface area (Å²) in [5.74, 6) is 1.62. The van der Waals surface area contributed by atoms with Gasteiger partial charge in [0.2, 0.25) is 0 Å². The molecule has 140 valence electrons. The SMILES string of the molecule is Clc1ccc(-n2c(-c3ccccc3Cl)nc3c(N4CCCC4)ncnc32)cc1. The molecule has 1 fully saturated rings. The van der Waals surface area contributed by atoms with Crippen LogP contribution in [0.4, 0.5) is 5.82 Å². The highest BCUT2D eigenvalue weighted by Crippen LogP contribution is 2.35. The fraction of sp³-hybridized carbons (Fsp3) is 0.190. The molecule has 7 heteroatoms. The van der Waals surface area contributed by atoms with Gasteiger partial charge < -0.3 is 4.90 Å². The minimum Gasteiger partial charge on any atom is -0.355 e. The second-order valence-corrected chi connectivity index (χ2v) is 7.63. The number of imidazole rings is 1. The molecule has 28 heavy (non-hydrogen) atoms. The van der Waals surface area contributed by atoms with E-state index in [1.165, 1.54) is 12.8 Å². The second kappa shape index (κ2) is 7.08. The Hall–Kier alpha value is -2.63. The van der Waals surface area contributed by atoms with Gasteiger partial charge in [-0.3, -0.25) is 4.57 Å². The molecule has 1 saturated heterocycles. The van der Waals surface area contributed by atoms with Crippen molar-refractivity contribution < 1.29 is 0 Å². The molecule has 2 aromatic carbocycles. The Morgan fingerprint density at radius 3 is 2.36 bits per heavy atom. The van der Waals surface area contributed by atoms with Gasteiger partial charge in [0, 0.05) is 29.4 Å². The molecular formula is C21H17Cl2N5. The summed E-state index contributed by atoms with van der Waals surface area (Å²) in [4.78, 5) is 16.4. The standard InChI is InChI=1S/C21H17Cl2N5/c22-14-7-9-15(10-8-14)28-19(16-5-1-2-6-17(16)23)26-18-20(24-13-25-21(18)28)27-11-3-4-12-27/h1-2,5-10,13H,3-4,11-12H2. The van der Waals surface area contributed by atoms with Gasteiger partial charge in [-0.05, 0) is 49.2 Å². The molecule has 1 aliphatic heterocycles. The molecule has 0 spiro atoms. The van der Waals surface area contributed by atoms with Gasteiger partial charge in [0.05, 0.1) is 5.02 Å². The average molecular weight is 410 g/mol. The zero-order valence-corrected chi connectivity index (χ0v) is 16.5. The van der Waals surface area contributed by atoms with Crippen molar-refractivity contribution in [2.75, 3.05) is 18.0 Å². The van der Waals surface area contributed by atoms with Crippen molar-refractivity contribution in [2.24, 2.45) is 0 Å². The molecule has 4 aromatic rings. The maximum atomic E-state index is 6.52. The molecule has 0 unspecified atom stereocenters. The summed E-state index contributed by atoms with van der Waals surface area (Å²) in [5.41, 5.74) is 3.32. The minimum absolute atomic E-state index is 0.642. The first kappa shape index (κ1) is 17.5. The summed E-state index contributed by atoms with van der Waals surface area (Å²) in [6, 6.07) is 15.4. The zero-order valence-electron chi connectivity index (χ0n) is 15.0. The second-order valence-electron chi connectivity index (χ2n) is 6.79. The van der Waals surface area contributed by atoms with E-state index in [1.54, 1.807) is 6.33 Å². The molecule has 5 rings (SSSR count). The first-order valence-corrected chi connectivity index (χ1v) is 9.97. The zero-order chi connectivity index (χ0) is 19.1. The number of hydrogen-bond acceptors (Lipinski definition) is 4. The van der Waals surface area contributed by atoms with Crippen LogP contribution in [-0.2, 0) is 0 Å². The van der Waals surface area contributed by atoms with E-state index in [0.717, 1.165) is 47.1 Å². The lowest BCUT2D eigenvalue weighted by atomic mass is 10.2. The lowest BCUT2D eigenvalue weighted by molar-refractivity contribution is 0.935. The molecule has 1 aliphatic rings. The third-order valence-electron chi connectivity index (χ3n) is 5.03. The first-order chi connectivity index (χ1) is 13.7. The maximum Gasteiger partial charge on any atom is 0.170 e. The van der Waals surface area contributed by atoms with Gasteiger partial charge in [-0.2, -0.15) is 0 Å². The molecule has 0 radical (unpaired) electrons. The van der Waals surface area contributed by atoms with E-state index < -0.39 is 0 Å². The van der Waals surface area contributed by atoms with Gasteiger partial charge in [-0.15, -0.1) is 0 Å². The fourth-order valence-electron chi connectivity index (χ4n) is 3.70. The van der Waals surface area contributed by atoms with Gasteiger partial charge in [0.15, 0.2) is 17.0 Å². The van der Waals surface area contributed by atoms with Gasteiger partial charge in [-0.25, -0.2) is 15.0 Å². The molecule has 0 aliphatic carbocycles. The van der Waals surface area contributed by atoms with Gasteiger partial charge in [0.25, 0.3) is 0 Å². The van der Waals surface area contributed by atoms with E-state index in [1.807, 2.05) is 53.1 Å².